The molecule has 0 bridgehead atoms. The molecule has 0 radical (unpaired) electrons. The molecule has 1 saturated heterocycles. The number of alkyl halides is 1. The summed E-state index contributed by atoms with van der Waals surface area (Å²) in [4.78, 5) is 38.8. The van der Waals surface area contributed by atoms with E-state index in [2.05, 4.69) is 0 Å². The minimum absolute atomic E-state index is 0.194. The molecule has 0 aliphatic carbocycles. The second kappa shape index (κ2) is 12.2. The third-order valence-electron chi connectivity index (χ3n) is 5.73. The lowest BCUT2D eigenvalue weighted by Gasteiger charge is -2.43. The topological polar surface area (TPSA) is 97.4 Å². The Morgan fingerprint density at radius 3 is 1.41 bits per heavy atom. The molecule has 1 heterocycles. The lowest BCUT2D eigenvalue weighted by molar-refractivity contribution is -0.289. The van der Waals surface area contributed by atoms with Crippen LogP contribution in [0, 0.1) is 0 Å². The zero-order valence-electron chi connectivity index (χ0n) is 19.9. The third kappa shape index (κ3) is 6.19. The largest absolute Gasteiger partial charge is 0.452 e. The van der Waals surface area contributed by atoms with Gasteiger partial charge in [-0.2, -0.15) is 0 Å². The van der Waals surface area contributed by atoms with Crippen molar-refractivity contribution in [1.29, 1.82) is 0 Å². The van der Waals surface area contributed by atoms with E-state index >= 15 is 0 Å². The van der Waals surface area contributed by atoms with E-state index in [0.717, 1.165) is 0 Å². The fourth-order valence-electron chi connectivity index (χ4n) is 3.89. The van der Waals surface area contributed by atoms with Gasteiger partial charge < -0.3 is 23.7 Å². The average molecular weight is 508 g/mol. The molecule has 1 aliphatic rings. The van der Waals surface area contributed by atoms with Gasteiger partial charge >= 0.3 is 17.9 Å². The molecular weight excluding hydrogens is 483 g/mol. The molecule has 0 N–H and O–H groups in total. The summed E-state index contributed by atoms with van der Waals surface area (Å²) in [6, 6.07) is 24.2. The maximum Gasteiger partial charge on any atom is 0.338 e. The monoisotopic (exact) mass is 508 g/mol. The van der Waals surface area contributed by atoms with Crippen molar-refractivity contribution in [2.75, 3.05) is 13.8 Å². The van der Waals surface area contributed by atoms with Crippen LogP contribution >= 0.6 is 0 Å². The highest BCUT2D eigenvalue weighted by atomic mass is 19.1. The summed E-state index contributed by atoms with van der Waals surface area (Å²) in [5.74, 6) is -2.34. The van der Waals surface area contributed by atoms with Gasteiger partial charge in [-0.25, -0.2) is 18.8 Å². The highest BCUT2D eigenvalue weighted by Crippen LogP contribution is 2.31. The Labute approximate surface area is 212 Å². The van der Waals surface area contributed by atoms with Crippen LogP contribution in [0.4, 0.5) is 4.39 Å². The van der Waals surface area contributed by atoms with Crippen molar-refractivity contribution >= 4 is 17.9 Å². The molecule has 3 aromatic carbocycles. The Balaban J connectivity index is 1.69. The Bertz CT molecular complexity index is 1120. The Morgan fingerprint density at radius 2 is 1.03 bits per heavy atom. The normalized spacial score (nSPS) is 23.0. The van der Waals surface area contributed by atoms with Gasteiger partial charge in [-0.3, -0.25) is 0 Å². The quantitative estimate of drug-likeness (QED) is 0.333. The summed E-state index contributed by atoms with van der Waals surface area (Å²) in [7, 11) is 1.27. The summed E-state index contributed by atoms with van der Waals surface area (Å²) in [5, 5.41) is 0. The fourth-order valence-corrected chi connectivity index (χ4v) is 3.89. The van der Waals surface area contributed by atoms with Crippen LogP contribution in [0.2, 0.25) is 0 Å². The van der Waals surface area contributed by atoms with E-state index < -0.39 is 55.3 Å². The highest BCUT2D eigenvalue weighted by Gasteiger charge is 2.53. The summed E-state index contributed by atoms with van der Waals surface area (Å²) in [6.07, 6.45) is -6.97. The number of hydrogen-bond acceptors (Lipinski definition) is 8. The first-order valence-electron chi connectivity index (χ1n) is 11.5. The smallest absolute Gasteiger partial charge is 0.338 e. The number of ether oxygens (including phenoxy) is 5. The second-order valence-electron chi connectivity index (χ2n) is 8.14. The van der Waals surface area contributed by atoms with E-state index in [1.807, 2.05) is 0 Å². The number of rotatable bonds is 8. The van der Waals surface area contributed by atoms with Crippen LogP contribution in [0.15, 0.2) is 91.0 Å². The summed E-state index contributed by atoms with van der Waals surface area (Å²) >= 11 is 0. The van der Waals surface area contributed by atoms with Gasteiger partial charge in [-0.15, -0.1) is 0 Å². The maximum absolute atomic E-state index is 14.2. The molecule has 0 saturated carbocycles. The molecule has 1 aliphatic heterocycles. The standard InChI is InChI=1S/C28H25FO8/c1-33-28-24(37-27(32)20-15-9-4-10-16-20)23(36-26(31)19-13-7-3-8-14-19)22(21(17-29)34-28)35-25(30)18-11-5-2-6-12-18/h2-16,21-24,28H,17H2,1H3/t21-,22+,23+,24-,28+/m1/s1. The number of esters is 3. The van der Waals surface area contributed by atoms with Gasteiger partial charge in [-0.05, 0) is 36.4 Å². The SMILES string of the molecule is CO[C@H]1O[C@H](CF)[C@H](OC(=O)c2ccccc2)[C@H](OC(=O)c2ccccc2)[C@H]1OC(=O)c1ccccc1. The second-order valence-corrected chi connectivity index (χ2v) is 8.14. The van der Waals surface area contributed by atoms with Crippen molar-refractivity contribution in [2.45, 2.75) is 30.7 Å². The molecule has 0 aromatic heterocycles. The first-order valence-corrected chi connectivity index (χ1v) is 11.5. The first kappa shape index (κ1) is 26.0. The van der Waals surface area contributed by atoms with E-state index in [1.165, 1.54) is 43.5 Å². The van der Waals surface area contributed by atoms with Crippen LogP contribution in [0.3, 0.4) is 0 Å². The van der Waals surface area contributed by atoms with Gasteiger partial charge in [0, 0.05) is 7.11 Å². The van der Waals surface area contributed by atoms with Gasteiger partial charge in [0.1, 0.15) is 12.8 Å². The summed E-state index contributed by atoms with van der Waals surface area (Å²) in [5.41, 5.74) is 0.608. The minimum Gasteiger partial charge on any atom is -0.452 e. The molecule has 0 spiro atoms. The van der Waals surface area contributed by atoms with Gasteiger partial charge in [0.15, 0.2) is 24.6 Å². The van der Waals surface area contributed by atoms with E-state index in [4.69, 9.17) is 23.7 Å². The zero-order chi connectivity index (χ0) is 26.2. The highest BCUT2D eigenvalue weighted by molar-refractivity contribution is 5.91. The predicted octanol–water partition coefficient (Wildman–Crippen LogP) is 4.00. The predicted molar refractivity (Wildman–Crippen MR) is 129 cm³/mol. The van der Waals surface area contributed by atoms with Gasteiger partial charge in [-0.1, -0.05) is 54.6 Å². The molecule has 4 rings (SSSR count). The maximum atomic E-state index is 14.2. The van der Waals surface area contributed by atoms with Crippen LogP contribution in [0.1, 0.15) is 31.1 Å². The van der Waals surface area contributed by atoms with Crippen molar-refractivity contribution in [1.82, 2.24) is 0 Å². The molecule has 192 valence electrons. The minimum atomic E-state index is -1.45. The number of carbonyl (C=O) groups is 3. The number of hydrogen-bond donors (Lipinski definition) is 0. The molecule has 0 unspecified atom stereocenters. The van der Waals surface area contributed by atoms with Crippen molar-refractivity contribution in [3.8, 4) is 0 Å². The lowest BCUT2D eigenvalue weighted by Crippen LogP contribution is -2.62. The van der Waals surface area contributed by atoms with Crippen LogP contribution in [0.25, 0.3) is 0 Å². The van der Waals surface area contributed by atoms with Gasteiger partial charge in [0.05, 0.1) is 16.7 Å². The molecule has 9 heteroatoms. The number of carbonyl (C=O) groups excluding carboxylic acids is 3. The Hall–Kier alpha value is -4.08. The Morgan fingerprint density at radius 1 is 0.649 bits per heavy atom. The average Bonchev–Trinajstić information content (AvgIpc) is 2.95. The molecule has 3 aromatic rings. The molecular formula is C28H25FO8. The van der Waals surface area contributed by atoms with E-state index in [-0.39, 0.29) is 16.7 Å². The van der Waals surface area contributed by atoms with Crippen molar-refractivity contribution < 1.29 is 42.5 Å². The molecule has 0 amide bonds. The van der Waals surface area contributed by atoms with Crippen LogP contribution in [-0.4, -0.2) is 62.4 Å². The third-order valence-corrected chi connectivity index (χ3v) is 5.73. The lowest BCUT2D eigenvalue weighted by atomic mass is 9.98. The van der Waals surface area contributed by atoms with Crippen LogP contribution < -0.4 is 0 Å². The first-order chi connectivity index (χ1) is 18.0. The molecule has 5 atom stereocenters. The molecule has 8 nitrogen and oxygen atoms in total. The van der Waals surface area contributed by atoms with Crippen molar-refractivity contribution in [2.24, 2.45) is 0 Å². The van der Waals surface area contributed by atoms with Crippen LogP contribution in [-0.2, 0) is 23.7 Å². The number of benzene rings is 3. The van der Waals surface area contributed by atoms with Crippen LogP contribution in [0.5, 0.6) is 0 Å². The Kier molecular flexibility index (Phi) is 8.60. The molecule has 1 fully saturated rings. The number of halogens is 1. The summed E-state index contributed by atoms with van der Waals surface area (Å²) < 4.78 is 42.1. The van der Waals surface area contributed by atoms with Crippen molar-refractivity contribution in [3.63, 3.8) is 0 Å². The zero-order valence-corrected chi connectivity index (χ0v) is 19.9. The molecule has 37 heavy (non-hydrogen) atoms. The van der Waals surface area contributed by atoms with E-state index in [9.17, 15) is 18.8 Å². The number of methoxy groups -OCH3 is 1. The summed E-state index contributed by atoms with van der Waals surface area (Å²) in [6.45, 7) is -1.09. The van der Waals surface area contributed by atoms with Crippen molar-refractivity contribution in [3.05, 3.63) is 108 Å². The van der Waals surface area contributed by atoms with Gasteiger partial charge in [0.25, 0.3) is 0 Å². The van der Waals surface area contributed by atoms with Gasteiger partial charge in [0.2, 0.25) is 0 Å². The fraction of sp³-hybridized carbons (Fsp3) is 0.250. The van der Waals surface area contributed by atoms with E-state index in [0.29, 0.717) is 0 Å². The van der Waals surface area contributed by atoms with E-state index in [1.54, 1.807) is 54.6 Å².